The van der Waals surface area contributed by atoms with Crippen molar-refractivity contribution in [1.82, 2.24) is 5.32 Å². The summed E-state index contributed by atoms with van der Waals surface area (Å²) in [5.74, 6) is -0.531. The summed E-state index contributed by atoms with van der Waals surface area (Å²) in [5, 5.41) is 12.6. The third-order valence-electron chi connectivity index (χ3n) is 8.32. The van der Waals surface area contributed by atoms with Crippen LogP contribution in [0.4, 0.5) is 0 Å². The summed E-state index contributed by atoms with van der Waals surface area (Å²) in [5.41, 5.74) is 0. The van der Waals surface area contributed by atoms with Gasteiger partial charge in [-0.2, -0.15) is 0 Å². The number of hydrogen-bond donors (Lipinski definition) is 3. The molecule has 0 bridgehead atoms. The van der Waals surface area contributed by atoms with Crippen molar-refractivity contribution in [2.45, 2.75) is 180 Å². The molecule has 0 aliphatic heterocycles. The van der Waals surface area contributed by atoms with Crippen molar-refractivity contribution in [3.05, 3.63) is 36.5 Å². The van der Waals surface area contributed by atoms with E-state index in [9.17, 15) is 24.2 Å². The summed E-state index contributed by atoms with van der Waals surface area (Å²) in [6.07, 6.45) is 39.3. The number of nitrogens with one attached hydrogen (secondary N) is 1. The van der Waals surface area contributed by atoms with Crippen LogP contribution in [0.3, 0.4) is 0 Å². The van der Waals surface area contributed by atoms with Gasteiger partial charge in [0.25, 0.3) is 0 Å². The van der Waals surface area contributed by atoms with E-state index in [1.807, 2.05) is 0 Å². The Morgan fingerprint density at radius 2 is 1.08 bits per heavy atom. The van der Waals surface area contributed by atoms with Crippen molar-refractivity contribution >= 4 is 19.7 Å². The molecule has 0 aromatic rings. The molecule has 0 rings (SSSR count). The van der Waals surface area contributed by atoms with Gasteiger partial charge in [0.2, 0.25) is 5.91 Å². The van der Waals surface area contributed by atoms with Gasteiger partial charge in [-0.3, -0.25) is 18.6 Å². The van der Waals surface area contributed by atoms with Crippen LogP contribution in [0, 0.1) is 0 Å². The van der Waals surface area contributed by atoms with E-state index in [0.717, 1.165) is 64.2 Å². The Balaban J connectivity index is 3.63. The van der Waals surface area contributed by atoms with Gasteiger partial charge >= 0.3 is 13.8 Å². The van der Waals surface area contributed by atoms with Crippen molar-refractivity contribution in [3.8, 4) is 0 Å². The molecule has 0 heterocycles. The summed E-state index contributed by atoms with van der Waals surface area (Å²) in [6.45, 7) is 3.48. The molecule has 0 aromatic heterocycles. The summed E-state index contributed by atoms with van der Waals surface area (Å²) < 4.78 is 26.8. The van der Waals surface area contributed by atoms with Crippen molar-refractivity contribution < 1.29 is 37.9 Å². The van der Waals surface area contributed by atoms with Crippen molar-refractivity contribution in [2.24, 2.45) is 0 Å². The SMILES string of the molecule is CCCCC/C=C\C/C=C\C/C=C\CCCCCCCCC(=O)NCCOP(=O)(O)OCC(O)COC(=O)CCCCCCCCCCCC. The Bertz CT molecular complexity index is 923. The van der Waals surface area contributed by atoms with Gasteiger partial charge in [-0.25, -0.2) is 4.57 Å². The largest absolute Gasteiger partial charge is 0.472 e. The van der Waals surface area contributed by atoms with Crippen LogP contribution in [0.1, 0.15) is 174 Å². The molecule has 0 saturated carbocycles. The molecule has 3 N–H and O–H groups in total. The highest BCUT2D eigenvalue weighted by atomic mass is 31.2. The average molecular weight is 728 g/mol. The molecule has 0 radical (unpaired) electrons. The number of unbranched alkanes of at least 4 members (excludes halogenated alkanes) is 18. The maximum absolute atomic E-state index is 12.0. The first-order valence-corrected chi connectivity index (χ1v) is 21.5. The summed E-state index contributed by atoms with van der Waals surface area (Å²) >= 11 is 0. The van der Waals surface area contributed by atoms with Crippen LogP contribution in [0.25, 0.3) is 0 Å². The number of phosphoric ester groups is 1. The Morgan fingerprint density at radius 3 is 1.66 bits per heavy atom. The summed E-state index contributed by atoms with van der Waals surface area (Å²) in [7, 11) is -4.41. The zero-order chi connectivity index (χ0) is 36.8. The topological polar surface area (TPSA) is 131 Å². The zero-order valence-corrected chi connectivity index (χ0v) is 32.7. The molecule has 0 fully saturated rings. The molecule has 2 unspecified atom stereocenters. The summed E-state index contributed by atoms with van der Waals surface area (Å²) in [6, 6.07) is 0. The lowest BCUT2D eigenvalue weighted by atomic mass is 10.1. The van der Waals surface area contributed by atoms with E-state index in [0.29, 0.717) is 6.42 Å². The molecule has 50 heavy (non-hydrogen) atoms. The molecule has 10 heteroatoms. The van der Waals surface area contributed by atoms with Gasteiger partial charge in [0.1, 0.15) is 12.7 Å². The lowest BCUT2D eigenvalue weighted by Crippen LogP contribution is -2.27. The number of aliphatic hydroxyl groups excluding tert-OH is 1. The Labute approximate surface area is 305 Å². The molecule has 0 aromatic carbocycles. The second-order valence-corrected chi connectivity index (χ2v) is 14.7. The number of phosphoric acid groups is 1. The van der Waals surface area contributed by atoms with Crippen molar-refractivity contribution in [1.29, 1.82) is 0 Å². The van der Waals surface area contributed by atoms with Gasteiger partial charge < -0.3 is 20.1 Å². The Morgan fingerprint density at radius 1 is 0.620 bits per heavy atom. The molecule has 0 spiro atoms. The number of esters is 1. The number of rotatable bonds is 37. The smallest absolute Gasteiger partial charge is 0.463 e. The third kappa shape index (κ3) is 37.5. The number of amides is 1. The van der Waals surface area contributed by atoms with E-state index in [1.54, 1.807) is 0 Å². The van der Waals surface area contributed by atoms with E-state index in [1.165, 1.54) is 83.5 Å². The number of ether oxygens (including phenoxy) is 1. The van der Waals surface area contributed by atoms with Crippen molar-refractivity contribution in [3.63, 3.8) is 0 Å². The average Bonchev–Trinajstić information content (AvgIpc) is 3.10. The molecule has 9 nitrogen and oxygen atoms in total. The van der Waals surface area contributed by atoms with Crippen molar-refractivity contribution in [2.75, 3.05) is 26.4 Å². The monoisotopic (exact) mass is 728 g/mol. The number of allylic oxidation sites excluding steroid dienone is 6. The van der Waals surface area contributed by atoms with Gasteiger partial charge in [0.05, 0.1) is 13.2 Å². The second kappa shape index (κ2) is 37.0. The van der Waals surface area contributed by atoms with Crippen LogP contribution in [0.15, 0.2) is 36.5 Å². The van der Waals surface area contributed by atoms with E-state index in [-0.39, 0.29) is 32.1 Å². The molecule has 0 aliphatic carbocycles. The molecular weight excluding hydrogens is 653 g/mol. The highest BCUT2D eigenvalue weighted by Gasteiger charge is 2.23. The van der Waals surface area contributed by atoms with Gasteiger partial charge in [-0.1, -0.05) is 147 Å². The minimum atomic E-state index is -4.41. The number of carbonyl (C=O) groups is 2. The molecule has 292 valence electrons. The highest BCUT2D eigenvalue weighted by Crippen LogP contribution is 2.42. The van der Waals surface area contributed by atoms with Gasteiger partial charge in [-0.15, -0.1) is 0 Å². The summed E-state index contributed by atoms with van der Waals surface area (Å²) in [4.78, 5) is 33.7. The number of hydrogen-bond acceptors (Lipinski definition) is 7. The first kappa shape index (κ1) is 48.2. The number of aliphatic hydroxyl groups is 1. The van der Waals surface area contributed by atoms with E-state index >= 15 is 0 Å². The molecular formula is C40H74NO8P. The van der Waals surface area contributed by atoms with Crippen LogP contribution in [0.5, 0.6) is 0 Å². The Hall–Kier alpha value is -1.77. The van der Waals surface area contributed by atoms with Crippen LogP contribution in [-0.2, 0) is 27.9 Å². The molecule has 2 atom stereocenters. The minimum absolute atomic E-state index is 0.0748. The van der Waals surface area contributed by atoms with Crippen LogP contribution < -0.4 is 5.32 Å². The predicted molar refractivity (Wildman–Crippen MR) is 206 cm³/mol. The molecule has 1 amide bonds. The lowest BCUT2D eigenvalue weighted by molar-refractivity contribution is -0.147. The van der Waals surface area contributed by atoms with Gasteiger partial charge in [0, 0.05) is 19.4 Å². The molecule has 0 saturated heterocycles. The van der Waals surface area contributed by atoms with Crippen LogP contribution in [-0.4, -0.2) is 54.3 Å². The normalized spacial score (nSPS) is 13.8. The first-order chi connectivity index (χ1) is 24.3. The third-order valence-corrected chi connectivity index (χ3v) is 9.31. The quantitative estimate of drug-likeness (QED) is 0.0249. The zero-order valence-electron chi connectivity index (χ0n) is 31.8. The lowest BCUT2D eigenvalue weighted by Gasteiger charge is -2.15. The fourth-order valence-corrected chi connectivity index (χ4v) is 6.03. The van der Waals surface area contributed by atoms with Gasteiger partial charge in [0.15, 0.2) is 0 Å². The van der Waals surface area contributed by atoms with Crippen LogP contribution >= 0.6 is 7.82 Å². The molecule has 0 aliphatic rings. The maximum Gasteiger partial charge on any atom is 0.472 e. The fourth-order valence-electron chi connectivity index (χ4n) is 5.27. The van der Waals surface area contributed by atoms with Crippen LogP contribution in [0.2, 0.25) is 0 Å². The highest BCUT2D eigenvalue weighted by molar-refractivity contribution is 7.47. The maximum atomic E-state index is 12.0. The second-order valence-electron chi connectivity index (χ2n) is 13.3. The van der Waals surface area contributed by atoms with E-state index in [4.69, 9.17) is 13.8 Å². The first-order valence-electron chi connectivity index (χ1n) is 20.0. The number of carbonyl (C=O) groups excluding carboxylic acids is 2. The van der Waals surface area contributed by atoms with Gasteiger partial charge in [-0.05, 0) is 51.4 Å². The van der Waals surface area contributed by atoms with E-state index < -0.39 is 26.5 Å². The fraction of sp³-hybridized carbons (Fsp3) is 0.800. The predicted octanol–water partition coefficient (Wildman–Crippen LogP) is 10.6. The Kier molecular flexibility index (Phi) is 35.7. The van der Waals surface area contributed by atoms with E-state index in [2.05, 4.69) is 55.6 Å². The minimum Gasteiger partial charge on any atom is -0.463 e. The standard InChI is InChI=1S/C40H74NO8P/c1-3-5-7-9-11-13-15-16-17-18-19-20-21-22-23-24-26-28-30-32-39(43)41-34-35-48-50(45,46)49-37-38(42)36-47-40(44)33-31-29-27-25-14-12-10-8-6-4-2/h11,13,16-17,19-20,38,42H,3-10,12,14-15,18,21-37H2,1-2H3,(H,41,43)(H,45,46)/b13-11-,17-16-,20-19-.